The standard InChI is InChI=1S/C14H22N2O3/c1-3-7-18-10-14(17)16-12-5-6-13(19-4-2)11(8-12)9-15/h5-6,8H,3-4,7,9-10,15H2,1-2H3,(H,16,17). The molecule has 1 amide bonds. The zero-order valence-corrected chi connectivity index (χ0v) is 11.6. The van der Waals surface area contributed by atoms with Gasteiger partial charge in [-0.05, 0) is 31.5 Å². The van der Waals surface area contributed by atoms with Crippen LogP contribution in [0.2, 0.25) is 0 Å². The van der Waals surface area contributed by atoms with Crippen molar-refractivity contribution >= 4 is 11.6 Å². The SMILES string of the molecule is CCCOCC(=O)Nc1ccc(OCC)c(CN)c1. The number of carbonyl (C=O) groups excluding carboxylic acids is 1. The van der Waals surface area contributed by atoms with Crippen molar-refractivity contribution < 1.29 is 14.3 Å². The van der Waals surface area contributed by atoms with E-state index in [2.05, 4.69) is 5.32 Å². The van der Waals surface area contributed by atoms with Gasteiger partial charge in [-0.3, -0.25) is 4.79 Å². The lowest BCUT2D eigenvalue weighted by Gasteiger charge is -2.11. The largest absolute Gasteiger partial charge is 0.494 e. The molecule has 0 heterocycles. The highest BCUT2D eigenvalue weighted by Gasteiger charge is 2.06. The summed E-state index contributed by atoms with van der Waals surface area (Å²) in [6.07, 6.45) is 0.896. The molecule has 19 heavy (non-hydrogen) atoms. The number of amides is 1. The van der Waals surface area contributed by atoms with E-state index in [1.54, 1.807) is 6.07 Å². The number of rotatable bonds is 8. The fraction of sp³-hybridized carbons (Fsp3) is 0.500. The van der Waals surface area contributed by atoms with E-state index in [4.69, 9.17) is 15.2 Å². The summed E-state index contributed by atoms with van der Waals surface area (Å²) in [5.74, 6) is 0.589. The van der Waals surface area contributed by atoms with Crippen molar-refractivity contribution in [2.24, 2.45) is 5.73 Å². The Kier molecular flexibility index (Phi) is 6.92. The maximum Gasteiger partial charge on any atom is 0.250 e. The zero-order chi connectivity index (χ0) is 14.1. The van der Waals surface area contributed by atoms with Crippen LogP contribution in [-0.4, -0.2) is 25.7 Å². The van der Waals surface area contributed by atoms with Crippen LogP contribution in [0, 0.1) is 0 Å². The first-order chi connectivity index (χ1) is 9.21. The zero-order valence-electron chi connectivity index (χ0n) is 11.6. The summed E-state index contributed by atoms with van der Waals surface area (Å²) < 4.78 is 10.6. The van der Waals surface area contributed by atoms with E-state index in [0.29, 0.717) is 25.4 Å². The van der Waals surface area contributed by atoms with Crippen LogP contribution < -0.4 is 15.8 Å². The fourth-order valence-corrected chi connectivity index (χ4v) is 1.62. The van der Waals surface area contributed by atoms with Crippen molar-refractivity contribution in [3.05, 3.63) is 23.8 Å². The van der Waals surface area contributed by atoms with Gasteiger partial charge in [-0.15, -0.1) is 0 Å². The molecule has 0 fully saturated rings. The lowest BCUT2D eigenvalue weighted by molar-refractivity contribution is -0.120. The molecule has 0 atom stereocenters. The first kappa shape index (κ1) is 15.5. The predicted octanol–water partition coefficient (Wildman–Crippen LogP) is 1.91. The maximum atomic E-state index is 11.6. The average molecular weight is 266 g/mol. The summed E-state index contributed by atoms with van der Waals surface area (Å²) in [6.45, 7) is 5.53. The summed E-state index contributed by atoms with van der Waals surface area (Å²) in [5.41, 5.74) is 7.23. The van der Waals surface area contributed by atoms with Gasteiger partial charge in [-0.2, -0.15) is 0 Å². The molecule has 0 saturated heterocycles. The summed E-state index contributed by atoms with van der Waals surface area (Å²) in [4.78, 5) is 11.6. The predicted molar refractivity (Wildman–Crippen MR) is 75.2 cm³/mol. The van der Waals surface area contributed by atoms with Gasteiger partial charge in [0.2, 0.25) is 5.91 Å². The molecule has 106 valence electrons. The van der Waals surface area contributed by atoms with Gasteiger partial charge in [-0.25, -0.2) is 0 Å². The molecular weight excluding hydrogens is 244 g/mol. The number of carbonyl (C=O) groups is 1. The summed E-state index contributed by atoms with van der Waals surface area (Å²) >= 11 is 0. The molecule has 1 rings (SSSR count). The molecule has 0 aliphatic rings. The quantitative estimate of drug-likeness (QED) is 0.705. The minimum Gasteiger partial charge on any atom is -0.494 e. The van der Waals surface area contributed by atoms with Crippen molar-refractivity contribution in [3.63, 3.8) is 0 Å². The molecule has 0 radical (unpaired) electrons. The van der Waals surface area contributed by atoms with E-state index in [-0.39, 0.29) is 12.5 Å². The first-order valence-corrected chi connectivity index (χ1v) is 6.54. The molecular formula is C14H22N2O3. The van der Waals surface area contributed by atoms with Gasteiger partial charge in [0.05, 0.1) is 6.61 Å². The van der Waals surface area contributed by atoms with E-state index >= 15 is 0 Å². The third-order valence-corrected chi connectivity index (χ3v) is 2.45. The molecule has 1 aromatic rings. The molecule has 0 unspecified atom stereocenters. The number of hydrogen-bond donors (Lipinski definition) is 2. The summed E-state index contributed by atoms with van der Waals surface area (Å²) in [7, 11) is 0. The van der Waals surface area contributed by atoms with Gasteiger partial charge in [0.25, 0.3) is 0 Å². The molecule has 0 saturated carbocycles. The van der Waals surface area contributed by atoms with Crippen molar-refractivity contribution in [1.82, 2.24) is 0 Å². The van der Waals surface area contributed by atoms with Gasteiger partial charge in [0.15, 0.2) is 0 Å². The molecule has 0 aliphatic carbocycles. The van der Waals surface area contributed by atoms with Gasteiger partial charge >= 0.3 is 0 Å². The van der Waals surface area contributed by atoms with Gasteiger partial charge < -0.3 is 20.5 Å². The second-order valence-corrected chi connectivity index (χ2v) is 4.06. The van der Waals surface area contributed by atoms with Crippen LogP contribution >= 0.6 is 0 Å². The van der Waals surface area contributed by atoms with Crippen LogP contribution in [0.1, 0.15) is 25.8 Å². The van der Waals surface area contributed by atoms with Crippen LogP contribution in [0.25, 0.3) is 0 Å². The Morgan fingerprint density at radius 2 is 2.16 bits per heavy atom. The Balaban J connectivity index is 2.61. The Labute approximate surface area is 114 Å². The molecule has 0 aromatic heterocycles. The monoisotopic (exact) mass is 266 g/mol. The number of ether oxygens (including phenoxy) is 2. The Hall–Kier alpha value is -1.59. The lowest BCUT2D eigenvalue weighted by Crippen LogP contribution is -2.18. The fourth-order valence-electron chi connectivity index (χ4n) is 1.62. The molecule has 5 heteroatoms. The van der Waals surface area contributed by atoms with E-state index in [1.807, 2.05) is 26.0 Å². The molecule has 1 aromatic carbocycles. The minimum atomic E-state index is -0.166. The third kappa shape index (κ3) is 5.28. The Morgan fingerprint density at radius 3 is 2.79 bits per heavy atom. The van der Waals surface area contributed by atoms with E-state index in [0.717, 1.165) is 17.7 Å². The van der Waals surface area contributed by atoms with Crippen LogP contribution in [-0.2, 0) is 16.1 Å². The van der Waals surface area contributed by atoms with Crippen LogP contribution in [0.3, 0.4) is 0 Å². The van der Waals surface area contributed by atoms with Crippen molar-refractivity contribution in [1.29, 1.82) is 0 Å². The summed E-state index contributed by atoms with van der Waals surface area (Å²) in [6, 6.07) is 5.43. The van der Waals surface area contributed by atoms with Crippen LogP contribution in [0.5, 0.6) is 5.75 Å². The number of benzene rings is 1. The van der Waals surface area contributed by atoms with Gasteiger partial charge in [-0.1, -0.05) is 6.92 Å². The normalized spacial score (nSPS) is 10.3. The molecule has 0 aliphatic heterocycles. The smallest absolute Gasteiger partial charge is 0.250 e. The van der Waals surface area contributed by atoms with Gasteiger partial charge in [0.1, 0.15) is 12.4 Å². The number of nitrogens with one attached hydrogen (secondary N) is 1. The minimum absolute atomic E-state index is 0.0685. The first-order valence-electron chi connectivity index (χ1n) is 6.54. The van der Waals surface area contributed by atoms with Crippen LogP contribution in [0.15, 0.2) is 18.2 Å². The summed E-state index contributed by atoms with van der Waals surface area (Å²) in [5, 5.41) is 2.77. The number of anilines is 1. The highest BCUT2D eigenvalue weighted by molar-refractivity contribution is 5.91. The second kappa shape index (κ2) is 8.50. The van der Waals surface area contributed by atoms with Crippen molar-refractivity contribution in [2.45, 2.75) is 26.8 Å². The van der Waals surface area contributed by atoms with E-state index < -0.39 is 0 Å². The average Bonchev–Trinajstić information content (AvgIpc) is 2.41. The number of nitrogens with two attached hydrogens (primary N) is 1. The second-order valence-electron chi connectivity index (χ2n) is 4.06. The van der Waals surface area contributed by atoms with Gasteiger partial charge in [0, 0.05) is 24.4 Å². The molecule has 0 spiro atoms. The van der Waals surface area contributed by atoms with Crippen LogP contribution in [0.4, 0.5) is 5.69 Å². The van der Waals surface area contributed by atoms with E-state index in [9.17, 15) is 4.79 Å². The Morgan fingerprint density at radius 1 is 1.37 bits per heavy atom. The topological polar surface area (TPSA) is 73.6 Å². The Bertz CT molecular complexity index is 408. The number of hydrogen-bond acceptors (Lipinski definition) is 4. The maximum absolute atomic E-state index is 11.6. The van der Waals surface area contributed by atoms with Crippen molar-refractivity contribution in [3.8, 4) is 5.75 Å². The van der Waals surface area contributed by atoms with Crippen molar-refractivity contribution in [2.75, 3.05) is 25.1 Å². The third-order valence-electron chi connectivity index (χ3n) is 2.45. The highest BCUT2D eigenvalue weighted by Crippen LogP contribution is 2.22. The lowest BCUT2D eigenvalue weighted by atomic mass is 10.1. The molecule has 0 bridgehead atoms. The molecule has 3 N–H and O–H groups in total. The highest BCUT2D eigenvalue weighted by atomic mass is 16.5. The molecule has 5 nitrogen and oxygen atoms in total. The van der Waals surface area contributed by atoms with E-state index in [1.165, 1.54) is 0 Å².